The van der Waals surface area contributed by atoms with Gasteiger partial charge in [0, 0.05) is 36.4 Å². The lowest BCUT2D eigenvalue weighted by molar-refractivity contribution is 0.0677. The lowest BCUT2D eigenvalue weighted by Gasteiger charge is -2.35. The molecule has 41 heavy (non-hydrogen) atoms. The molecule has 1 aromatic heterocycles. The number of carbonyl (C=O) groups excluding carboxylic acids is 2. The highest BCUT2D eigenvalue weighted by molar-refractivity contribution is 7.21. The number of urea groups is 1. The molecular weight excluding hydrogens is 539 g/mol. The minimum atomic E-state index is -0.518. The number of benzene rings is 3. The van der Waals surface area contributed by atoms with Crippen LogP contribution in [0.1, 0.15) is 65.2 Å². The number of halogens is 1. The number of hydrogen-bond acceptors (Lipinski definition) is 5. The van der Waals surface area contributed by atoms with Crippen molar-refractivity contribution in [1.82, 2.24) is 14.8 Å². The van der Waals surface area contributed by atoms with Gasteiger partial charge in [-0.3, -0.25) is 4.79 Å². The van der Waals surface area contributed by atoms with Crippen molar-refractivity contribution < 1.29 is 19.1 Å². The third-order valence-corrected chi connectivity index (χ3v) is 9.58. The van der Waals surface area contributed by atoms with Crippen molar-refractivity contribution in [2.45, 2.75) is 50.7 Å². The molecule has 3 aliphatic rings. The van der Waals surface area contributed by atoms with E-state index in [0.717, 1.165) is 35.0 Å². The highest BCUT2D eigenvalue weighted by Gasteiger charge is 2.32. The number of fused-ring (bicyclic) bond motifs is 2. The van der Waals surface area contributed by atoms with Gasteiger partial charge in [0.05, 0.1) is 22.4 Å². The van der Waals surface area contributed by atoms with E-state index in [1.54, 1.807) is 12.1 Å². The highest BCUT2D eigenvalue weighted by Crippen LogP contribution is 2.46. The normalized spacial score (nSPS) is 20.4. The van der Waals surface area contributed by atoms with Crippen LogP contribution in [0.4, 0.5) is 14.9 Å². The fraction of sp³-hybridized carbons (Fsp3) is 0.344. The van der Waals surface area contributed by atoms with Crippen LogP contribution < -0.4 is 5.32 Å². The van der Waals surface area contributed by atoms with Gasteiger partial charge in [-0.05, 0) is 85.5 Å². The van der Waals surface area contributed by atoms with Gasteiger partial charge in [0.1, 0.15) is 10.8 Å². The summed E-state index contributed by atoms with van der Waals surface area (Å²) in [5.41, 5.74) is 5.77. The van der Waals surface area contributed by atoms with Gasteiger partial charge in [-0.15, -0.1) is 11.3 Å². The largest absolute Gasteiger partial charge is 0.391 e. The van der Waals surface area contributed by atoms with Crippen LogP contribution in [0.25, 0.3) is 20.8 Å². The predicted octanol–water partition coefficient (Wildman–Crippen LogP) is 6.34. The molecule has 2 N–H and O–H groups in total. The maximum atomic E-state index is 15.3. The summed E-state index contributed by atoms with van der Waals surface area (Å²) < 4.78 is 16.2. The summed E-state index contributed by atoms with van der Waals surface area (Å²) in [6.45, 7) is 3.51. The number of nitrogens with zero attached hydrogens (tertiary/aromatic N) is 3. The van der Waals surface area contributed by atoms with E-state index < -0.39 is 11.9 Å². The number of rotatable bonds is 4. The van der Waals surface area contributed by atoms with E-state index in [1.807, 2.05) is 29.2 Å². The summed E-state index contributed by atoms with van der Waals surface area (Å²) in [6, 6.07) is 16.5. The Morgan fingerprint density at radius 1 is 1.05 bits per heavy atom. The maximum Gasteiger partial charge on any atom is 0.321 e. The van der Waals surface area contributed by atoms with Crippen LogP contribution in [0.5, 0.6) is 0 Å². The Labute approximate surface area is 241 Å². The summed E-state index contributed by atoms with van der Waals surface area (Å²) in [4.78, 5) is 34.6. The van der Waals surface area contributed by atoms with Crippen LogP contribution in [-0.2, 0) is 6.42 Å². The molecule has 0 radical (unpaired) electrons. The van der Waals surface area contributed by atoms with E-state index in [2.05, 4.69) is 24.4 Å². The number of anilines is 1. The number of aliphatic hydroxyl groups excluding tert-OH is 1. The fourth-order valence-corrected chi connectivity index (χ4v) is 7.18. The molecule has 1 saturated carbocycles. The second-order valence-corrected chi connectivity index (χ2v) is 12.4. The first-order valence-electron chi connectivity index (χ1n) is 14.2. The number of β-amino-alcohol motifs (C(OH)–C–C–N with tert-alkyl or cyclic N) is 1. The second kappa shape index (κ2) is 10.2. The monoisotopic (exact) mass is 570 g/mol. The molecule has 1 saturated heterocycles. The topological polar surface area (TPSA) is 85.8 Å². The molecule has 4 aromatic rings. The minimum Gasteiger partial charge on any atom is -0.391 e. The number of aliphatic hydroxyl groups is 1. The Morgan fingerprint density at radius 3 is 2.63 bits per heavy atom. The molecule has 7 rings (SSSR count). The number of carbonyl (C=O) groups is 2. The summed E-state index contributed by atoms with van der Waals surface area (Å²) >= 11 is 1.39. The smallest absolute Gasteiger partial charge is 0.321 e. The fourth-order valence-electron chi connectivity index (χ4n) is 6.11. The molecule has 1 aliphatic carbocycles. The van der Waals surface area contributed by atoms with Crippen molar-refractivity contribution in [3.8, 4) is 10.6 Å². The summed E-state index contributed by atoms with van der Waals surface area (Å²) in [5, 5.41) is 13.0. The summed E-state index contributed by atoms with van der Waals surface area (Å²) in [6.07, 6.45) is 2.98. The Bertz CT molecular complexity index is 1680. The van der Waals surface area contributed by atoms with E-state index >= 15 is 4.39 Å². The van der Waals surface area contributed by atoms with Crippen LogP contribution in [0, 0.1) is 5.82 Å². The molecule has 0 bridgehead atoms. The van der Waals surface area contributed by atoms with Gasteiger partial charge in [0.2, 0.25) is 0 Å². The first-order valence-corrected chi connectivity index (χ1v) is 15.0. The van der Waals surface area contributed by atoms with Gasteiger partial charge in [-0.1, -0.05) is 24.3 Å². The predicted molar refractivity (Wildman–Crippen MR) is 158 cm³/mol. The van der Waals surface area contributed by atoms with E-state index in [4.69, 9.17) is 4.98 Å². The Kier molecular flexibility index (Phi) is 6.51. The maximum absolute atomic E-state index is 15.3. The molecule has 210 valence electrons. The summed E-state index contributed by atoms with van der Waals surface area (Å²) in [5.74, 6) is -0.0952. The zero-order valence-corrected chi connectivity index (χ0v) is 23.6. The number of amides is 3. The number of likely N-dealkylation sites (tertiary alicyclic amines) is 1. The van der Waals surface area contributed by atoms with Crippen LogP contribution >= 0.6 is 11.3 Å². The van der Waals surface area contributed by atoms with Gasteiger partial charge in [0.25, 0.3) is 5.91 Å². The molecule has 7 nitrogen and oxygen atoms in total. The van der Waals surface area contributed by atoms with Gasteiger partial charge < -0.3 is 20.2 Å². The Morgan fingerprint density at radius 2 is 1.88 bits per heavy atom. The van der Waals surface area contributed by atoms with E-state index in [-0.39, 0.29) is 24.5 Å². The molecule has 9 heteroatoms. The molecule has 2 aliphatic heterocycles. The SMILES string of the molecule is C[C@@H]1c2ccccc2CCN1C(=O)c1cc(C2CC2)c2nc(-c3ccc(NC(=O)N4CCC(O)C4)cc3F)sc2c1. The molecule has 1 unspecified atom stereocenters. The van der Waals surface area contributed by atoms with Gasteiger partial charge >= 0.3 is 6.03 Å². The Hall–Kier alpha value is -3.82. The Balaban J connectivity index is 1.17. The lowest BCUT2D eigenvalue weighted by atomic mass is 9.93. The number of hydrogen-bond donors (Lipinski definition) is 2. The van der Waals surface area contributed by atoms with Crippen LogP contribution in [0.15, 0.2) is 54.6 Å². The average Bonchev–Trinajstić information content (AvgIpc) is 3.58. The molecule has 3 amide bonds. The van der Waals surface area contributed by atoms with Crippen molar-refractivity contribution >= 4 is 39.2 Å². The highest BCUT2D eigenvalue weighted by atomic mass is 32.1. The van der Waals surface area contributed by atoms with E-state index in [9.17, 15) is 14.7 Å². The van der Waals surface area contributed by atoms with Gasteiger partial charge in [-0.25, -0.2) is 14.2 Å². The van der Waals surface area contributed by atoms with Crippen molar-refractivity contribution in [1.29, 1.82) is 0 Å². The first-order chi connectivity index (χ1) is 19.9. The average molecular weight is 571 g/mol. The molecule has 2 atom stereocenters. The van der Waals surface area contributed by atoms with Crippen LogP contribution in [0.2, 0.25) is 0 Å². The zero-order valence-electron chi connectivity index (χ0n) is 22.8. The standard InChI is InChI=1S/C32H31FN4O3S/c1-18-24-5-3-2-4-19(24)10-13-37(18)31(39)21-14-26(20-6-7-20)29-28(15-21)41-30(35-29)25-9-8-22(16-27(25)33)34-32(40)36-12-11-23(38)17-36/h2-5,8-9,14-16,18,20,23,38H,6-7,10-13,17H2,1H3,(H,34,40)/t18-,23?/m1/s1. The van der Waals surface area contributed by atoms with Crippen molar-refractivity contribution in [3.63, 3.8) is 0 Å². The van der Waals surface area contributed by atoms with Gasteiger partial charge in [-0.2, -0.15) is 0 Å². The second-order valence-electron chi connectivity index (χ2n) is 11.3. The van der Waals surface area contributed by atoms with Gasteiger partial charge in [0.15, 0.2) is 0 Å². The van der Waals surface area contributed by atoms with E-state index in [0.29, 0.717) is 47.3 Å². The summed E-state index contributed by atoms with van der Waals surface area (Å²) in [7, 11) is 0. The molecular formula is C32H31FN4O3S. The third-order valence-electron chi connectivity index (χ3n) is 8.55. The van der Waals surface area contributed by atoms with E-state index in [1.165, 1.54) is 33.4 Å². The molecule has 3 heterocycles. The molecule has 3 aromatic carbocycles. The number of nitrogens with one attached hydrogen (secondary N) is 1. The van der Waals surface area contributed by atoms with Crippen molar-refractivity contribution in [2.24, 2.45) is 0 Å². The number of thiazole rings is 1. The molecule has 2 fully saturated rings. The van der Waals surface area contributed by atoms with Crippen LogP contribution in [-0.4, -0.2) is 57.6 Å². The minimum absolute atomic E-state index is 0.00631. The zero-order chi connectivity index (χ0) is 28.2. The molecule has 0 spiro atoms. The van der Waals surface area contributed by atoms with Crippen molar-refractivity contribution in [2.75, 3.05) is 25.0 Å². The third kappa shape index (κ3) is 4.87. The first kappa shape index (κ1) is 26.1. The van der Waals surface area contributed by atoms with Crippen LogP contribution in [0.3, 0.4) is 0 Å². The quantitative estimate of drug-likeness (QED) is 0.300. The lowest BCUT2D eigenvalue weighted by Crippen LogP contribution is -2.38. The van der Waals surface area contributed by atoms with Crippen molar-refractivity contribution in [3.05, 3.63) is 82.7 Å². The number of aromatic nitrogens is 1.